The van der Waals surface area contributed by atoms with Crippen LogP contribution in [0.1, 0.15) is 20.8 Å². The fourth-order valence-electron chi connectivity index (χ4n) is 2.34. The standard InChI is InChI=1S/C16H15N5O4S2/c1-21-7-11(13(20-21)14(17)22)15(23)18-12-8-26-16(19-12)9-4-3-5-10(6-9)27(2,24)25/h3-8H,1-2H3,(H2,17,22)(H,18,23). The third kappa shape index (κ3) is 4.04. The minimum Gasteiger partial charge on any atom is -0.364 e. The van der Waals surface area contributed by atoms with E-state index in [0.29, 0.717) is 10.6 Å². The predicted octanol–water partition coefficient (Wildman–Crippen LogP) is 1.30. The first kappa shape index (κ1) is 18.7. The number of nitrogens with two attached hydrogens (primary N) is 1. The van der Waals surface area contributed by atoms with Gasteiger partial charge in [-0.1, -0.05) is 12.1 Å². The lowest BCUT2D eigenvalue weighted by Gasteiger charge is -2.02. The van der Waals surface area contributed by atoms with Crippen molar-refractivity contribution in [1.82, 2.24) is 14.8 Å². The molecule has 9 nitrogen and oxygen atoms in total. The number of nitrogens with zero attached hydrogens (tertiary/aromatic N) is 3. The first-order valence-electron chi connectivity index (χ1n) is 7.56. The molecule has 0 unspecified atom stereocenters. The fourth-order valence-corrected chi connectivity index (χ4v) is 3.76. The van der Waals surface area contributed by atoms with Gasteiger partial charge in [-0.05, 0) is 12.1 Å². The fraction of sp³-hybridized carbons (Fsp3) is 0.125. The van der Waals surface area contributed by atoms with Gasteiger partial charge in [0.05, 0.1) is 10.5 Å². The van der Waals surface area contributed by atoms with Gasteiger partial charge in [-0.2, -0.15) is 5.10 Å². The zero-order valence-corrected chi connectivity index (χ0v) is 16.0. The van der Waals surface area contributed by atoms with Crippen molar-refractivity contribution in [1.29, 1.82) is 0 Å². The molecule has 3 N–H and O–H groups in total. The van der Waals surface area contributed by atoms with Crippen molar-refractivity contribution in [3.05, 3.63) is 47.1 Å². The highest BCUT2D eigenvalue weighted by atomic mass is 32.2. The Balaban J connectivity index is 1.85. The average Bonchev–Trinajstić information content (AvgIpc) is 3.21. The highest BCUT2D eigenvalue weighted by Gasteiger charge is 2.20. The second-order valence-electron chi connectivity index (χ2n) is 5.72. The molecule has 0 atom stereocenters. The molecule has 27 heavy (non-hydrogen) atoms. The minimum absolute atomic E-state index is 0.0404. The van der Waals surface area contributed by atoms with Crippen molar-refractivity contribution in [2.45, 2.75) is 4.90 Å². The zero-order chi connectivity index (χ0) is 19.8. The lowest BCUT2D eigenvalue weighted by Crippen LogP contribution is -2.19. The molecule has 0 fully saturated rings. The lowest BCUT2D eigenvalue weighted by molar-refractivity contribution is 0.0973. The van der Waals surface area contributed by atoms with Gasteiger partial charge in [0.25, 0.3) is 11.8 Å². The van der Waals surface area contributed by atoms with E-state index >= 15 is 0 Å². The Morgan fingerprint density at radius 3 is 2.70 bits per heavy atom. The Morgan fingerprint density at radius 2 is 2.04 bits per heavy atom. The maximum atomic E-state index is 12.4. The van der Waals surface area contributed by atoms with E-state index in [1.807, 2.05) is 0 Å². The topological polar surface area (TPSA) is 137 Å². The smallest absolute Gasteiger partial charge is 0.270 e. The summed E-state index contributed by atoms with van der Waals surface area (Å²) in [4.78, 5) is 28.3. The number of sulfone groups is 1. The van der Waals surface area contributed by atoms with Crippen LogP contribution >= 0.6 is 11.3 Å². The molecule has 2 amide bonds. The monoisotopic (exact) mass is 405 g/mol. The molecule has 0 spiro atoms. The van der Waals surface area contributed by atoms with Crippen molar-refractivity contribution < 1.29 is 18.0 Å². The number of hydrogen-bond acceptors (Lipinski definition) is 7. The summed E-state index contributed by atoms with van der Waals surface area (Å²) in [5, 5.41) is 8.60. The summed E-state index contributed by atoms with van der Waals surface area (Å²) in [6.07, 6.45) is 2.52. The molecule has 2 heterocycles. The molecule has 11 heteroatoms. The number of hydrogen-bond donors (Lipinski definition) is 2. The van der Waals surface area contributed by atoms with Gasteiger partial charge in [0.1, 0.15) is 10.8 Å². The van der Waals surface area contributed by atoms with Crippen molar-refractivity contribution in [2.24, 2.45) is 12.8 Å². The van der Waals surface area contributed by atoms with Crippen LogP contribution in [0, 0.1) is 0 Å². The van der Waals surface area contributed by atoms with Crippen LogP contribution < -0.4 is 11.1 Å². The number of carbonyl (C=O) groups excluding carboxylic acids is 2. The van der Waals surface area contributed by atoms with Gasteiger partial charge in [-0.25, -0.2) is 13.4 Å². The molecule has 3 aromatic rings. The van der Waals surface area contributed by atoms with Crippen LogP contribution in [0.25, 0.3) is 10.6 Å². The number of thiazole rings is 1. The Bertz CT molecular complexity index is 1150. The van der Waals surface area contributed by atoms with E-state index < -0.39 is 21.7 Å². The molecule has 0 radical (unpaired) electrons. The van der Waals surface area contributed by atoms with Crippen LogP contribution in [0.3, 0.4) is 0 Å². The van der Waals surface area contributed by atoms with Crippen molar-refractivity contribution >= 4 is 38.8 Å². The first-order valence-corrected chi connectivity index (χ1v) is 10.3. The van der Waals surface area contributed by atoms with E-state index in [1.54, 1.807) is 24.6 Å². The van der Waals surface area contributed by atoms with E-state index in [4.69, 9.17) is 5.73 Å². The van der Waals surface area contributed by atoms with E-state index in [9.17, 15) is 18.0 Å². The van der Waals surface area contributed by atoms with E-state index in [1.165, 1.54) is 34.3 Å². The number of aromatic nitrogens is 3. The van der Waals surface area contributed by atoms with Gasteiger partial charge >= 0.3 is 0 Å². The van der Waals surface area contributed by atoms with Gasteiger partial charge in [-0.3, -0.25) is 14.3 Å². The van der Waals surface area contributed by atoms with Gasteiger partial charge in [0.2, 0.25) is 0 Å². The van der Waals surface area contributed by atoms with Crippen LogP contribution in [-0.4, -0.2) is 41.3 Å². The maximum absolute atomic E-state index is 12.4. The summed E-state index contributed by atoms with van der Waals surface area (Å²) in [6, 6.07) is 6.38. The molecule has 0 aliphatic rings. The first-order chi connectivity index (χ1) is 12.6. The second-order valence-corrected chi connectivity index (χ2v) is 8.60. The largest absolute Gasteiger partial charge is 0.364 e. The maximum Gasteiger partial charge on any atom is 0.270 e. The van der Waals surface area contributed by atoms with E-state index in [2.05, 4.69) is 15.4 Å². The summed E-state index contributed by atoms with van der Waals surface area (Å²) in [6.45, 7) is 0. The average molecular weight is 405 g/mol. The SMILES string of the molecule is Cn1cc(C(=O)Nc2csc(-c3cccc(S(C)(=O)=O)c3)n2)c(C(N)=O)n1. The van der Waals surface area contributed by atoms with Gasteiger partial charge in [-0.15, -0.1) is 11.3 Å². The molecule has 3 rings (SSSR count). The molecule has 0 bridgehead atoms. The zero-order valence-electron chi connectivity index (χ0n) is 14.3. The minimum atomic E-state index is -3.34. The molecular weight excluding hydrogens is 390 g/mol. The molecule has 140 valence electrons. The van der Waals surface area contributed by atoms with E-state index in [0.717, 1.165) is 6.26 Å². The Morgan fingerprint density at radius 1 is 1.30 bits per heavy atom. The quantitative estimate of drug-likeness (QED) is 0.656. The Labute approximate surface area is 158 Å². The number of carbonyl (C=O) groups is 2. The molecule has 0 aliphatic heterocycles. The molecular formula is C16H15N5O4S2. The highest BCUT2D eigenvalue weighted by Crippen LogP contribution is 2.28. The Hall–Kier alpha value is -3.05. The number of amides is 2. The van der Waals surface area contributed by atoms with Gasteiger partial charge in [0, 0.05) is 30.4 Å². The van der Waals surface area contributed by atoms with Gasteiger partial charge < -0.3 is 11.1 Å². The van der Waals surface area contributed by atoms with Crippen LogP contribution in [0.5, 0.6) is 0 Å². The summed E-state index contributed by atoms with van der Waals surface area (Å²) in [5.41, 5.74) is 5.75. The van der Waals surface area contributed by atoms with Gasteiger partial charge in [0.15, 0.2) is 15.5 Å². The second kappa shape index (κ2) is 6.93. The summed E-state index contributed by atoms with van der Waals surface area (Å²) in [5.74, 6) is -1.11. The lowest BCUT2D eigenvalue weighted by atomic mass is 10.2. The number of aryl methyl sites for hydroxylation is 1. The molecule has 0 saturated carbocycles. The number of benzene rings is 1. The van der Waals surface area contributed by atoms with Crippen LogP contribution in [0.4, 0.5) is 5.82 Å². The third-order valence-electron chi connectivity index (χ3n) is 3.56. The number of anilines is 1. The normalized spacial score (nSPS) is 11.3. The Kier molecular flexibility index (Phi) is 4.81. The van der Waals surface area contributed by atoms with Crippen molar-refractivity contribution in [3.63, 3.8) is 0 Å². The van der Waals surface area contributed by atoms with E-state index in [-0.39, 0.29) is 22.0 Å². The summed E-state index contributed by atoms with van der Waals surface area (Å²) < 4.78 is 24.7. The number of rotatable bonds is 5. The van der Waals surface area contributed by atoms with Crippen molar-refractivity contribution in [2.75, 3.05) is 11.6 Å². The summed E-state index contributed by atoms with van der Waals surface area (Å²) in [7, 11) is -1.77. The molecule has 1 aromatic carbocycles. The number of primary amides is 1. The van der Waals surface area contributed by atoms with Crippen molar-refractivity contribution in [3.8, 4) is 10.6 Å². The molecule has 2 aromatic heterocycles. The van der Waals surface area contributed by atoms with Crippen LogP contribution in [0.15, 0.2) is 40.7 Å². The van der Waals surface area contributed by atoms with Crippen LogP contribution in [-0.2, 0) is 16.9 Å². The van der Waals surface area contributed by atoms with Crippen LogP contribution in [0.2, 0.25) is 0 Å². The highest BCUT2D eigenvalue weighted by molar-refractivity contribution is 7.90. The predicted molar refractivity (Wildman–Crippen MR) is 100 cm³/mol. The third-order valence-corrected chi connectivity index (χ3v) is 5.56. The number of nitrogens with one attached hydrogen (secondary N) is 1. The molecule has 0 aliphatic carbocycles. The molecule has 0 saturated heterocycles. The summed E-state index contributed by atoms with van der Waals surface area (Å²) >= 11 is 1.24.